The van der Waals surface area contributed by atoms with Gasteiger partial charge in [-0.15, -0.1) is 0 Å². The summed E-state index contributed by atoms with van der Waals surface area (Å²) in [5, 5.41) is 0. The molecule has 3 atom stereocenters. The standard InChI is InChI=1S/C23H28O7/c1-25-12-15-10-22-11-20(29-5)17(24)8-21(22)30-23(15,13-26-2)9-14-6-18(27-3)19(28-4)7-16(14)22/h6-8,11,15H,9-10,12-13H2,1-5H3/t15-,22?,23-/m0/s1. The van der Waals surface area contributed by atoms with Gasteiger partial charge in [0.2, 0.25) is 5.78 Å². The summed E-state index contributed by atoms with van der Waals surface area (Å²) in [4.78, 5) is 12.6. The molecule has 0 N–H and O–H groups in total. The molecule has 0 aromatic heterocycles. The van der Waals surface area contributed by atoms with Crippen LogP contribution in [0.1, 0.15) is 17.5 Å². The second-order valence-corrected chi connectivity index (χ2v) is 8.05. The second-order valence-electron chi connectivity index (χ2n) is 8.05. The molecule has 1 unspecified atom stereocenters. The molecule has 1 fully saturated rings. The van der Waals surface area contributed by atoms with Crippen LogP contribution in [0.25, 0.3) is 0 Å². The van der Waals surface area contributed by atoms with Crippen LogP contribution in [0.4, 0.5) is 0 Å². The van der Waals surface area contributed by atoms with Gasteiger partial charge < -0.3 is 28.4 Å². The molecule has 7 heteroatoms. The van der Waals surface area contributed by atoms with E-state index < -0.39 is 11.0 Å². The van der Waals surface area contributed by atoms with Crippen molar-refractivity contribution in [2.24, 2.45) is 5.92 Å². The molecule has 4 aliphatic rings. The molecule has 2 heterocycles. The fourth-order valence-electron chi connectivity index (χ4n) is 5.16. The monoisotopic (exact) mass is 416 g/mol. The number of hydrogen-bond acceptors (Lipinski definition) is 7. The first-order chi connectivity index (χ1) is 14.5. The highest BCUT2D eigenvalue weighted by molar-refractivity contribution is 6.04. The van der Waals surface area contributed by atoms with E-state index in [4.69, 9.17) is 28.4 Å². The Labute approximate surface area is 176 Å². The zero-order valence-corrected chi connectivity index (χ0v) is 18.1. The molecule has 30 heavy (non-hydrogen) atoms. The Kier molecular flexibility index (Phi) is 5.28. The van der Waals surface area contributed by atoms with Gasteiger partial charge in [-0.05, 0) is 35.8 Å². The molecular weight excluding hydrogens is 388 g/mol. The maximum absolute atomic E-state index is 12.6. The van der Waals surface area contributed by atoms with Gasteiger partial charge >= 0.3 is 0 Å². The molecule has 0 amide bonds. The predicted octanol–water partition coefficient (Wildman–Crippen LogP) is 2.56. The number of rotatable bonds is 7. The third kappa shape index (κ3) is 2.91. The van der Waals surface area contributed by atoms with E-state index in [1.54, 1.807) is 34.5 Å². The van der Waals surface area contributed by atoms with E-state index >= 15 is 0 Å². The minimum Gasteiger partial charge on any atom is -0.493 e. The lowest BCUT2D eigenvalue weighted by Gasteiger charge is -2.49. The fraction of sp³-hybridized carbons (Fsp3) is 0.522. The molecule has 1 saturated heterocycles. The Balaban J connectivity index is 2.02. The van der Waals surface area contributed by atoms with Gasteiger partial charge in [-0.2, -0.15) is 0 Å². The Morgan fingerprint density at radius 2 is 1.77 bits per heavy atom. The third-order valence-electron chi connectivity index (χ3n) is 6.50. The van der Waals surface area contributed by atoms with E-state index in [9.17, 15) is 4.79 Å². The summed E-state index contributed by atoms with van der Waals surface area (Å²) in [6.45, 7) is 0.877. The summed E-state index contributed by atoms with van der Waals surface area (Å²) in [7, 11) is 8.10. The third-order valence-corrected chi connectivity index (χ3v) is 6.50. The van der Waals surface area contributed by atoms with Crippen LogP contribution in [0.2, 0.25) is 0 Å². The average molecular weight is 416 g/mol. The van der Waals surface area contributed by atoms with Gasteiger partial charge in [-0.25, -0.2) is 0 Å². The number of ether oxygens (including phenoxy) is 6. The topological polar surface area (TPSA) is 72.5 Å². The first-order valence-corrected chi connectivity index (χ1v) is 9.92. The van der Waals surface area contributed by atoms with E-state index in [-0.39, 0.29) is 11.7 Å². The zero-order chi connectivity index (χ0) is 21.5. The average Bonchev–Trinajstić information content (AvgIpc) is 2.91. The molecule has 1 aromatic carbocycles. The molecule has 1 aromatic rings. The molecule has 2 aliphatic carbocycles. The summed E-state index contributed by atoms with van der Waals surface area (Å²) in [5.74, 6) is 2.03. The number of carbonyl (C=O) groups is 1. The largest absolute Gasteiger partial charge is 0.493 e. The SMILES string of the molecule is COC[C@@H]1CC23C=C(OC)C(=O)C=C2O[C@]1(COC)Cc1cc(OC)c(OC)cc13. The van der Waals surface area contributed by atoms with Crippen LogP contribution in [0.3, 0.4) is 0 Å². The molecule has 1 spiro atoms. The number of fused-ring (bicyclic) bond motifs is 1. The Morgan fingerprint density at radius 3 is 2.40 bits per heavy atom. The van der Waals surface area contributed by atoms with Crippen molar-refractivity contribution in [3.8, 4) is 11.5 Å². The number of benzene rings is 1. The molecule has 2 bridgehead atoms. The number of methoxy groups -OCH3 is 5. The molecular formula is C23H28O7. The van der Waals surface area contributed by atoms with Gasteiger partial charge in [0.25, 0.3) is 0 Å². The number of hydrogen-bond donors (Lipinski definition) is 0. The summed E-state index contributed by atoms with van der Waals surface area (Å²) in [5.41, 5.74) is 0.757. The summed E-state index contributed by atoms with van der Waals surface area (Å²) in [6, 6.07) is 3.99. The first kappa shape index (κ1) is 20.8. The van der Waals surface area contributed by atoms with Crippen molar-refractivity contribution in [2.75, 3.05) is 48.8 Å². The summed E-state index contributed by atoms with van der Waals surface area (Å²) >= 11 is 0. The van der Waals surface area contributed by atoms with Crippen LogP contribution in [0.5, 0.6) is 11.5 Å². The van der Waals surface area contributed by atoms with Gasteiger partial charge in [-0.1, -0.05) is 0 Å². The first-order valence-electron chi connectivity index (χ1n) is 9.92. The Morgan fingerprint density at radius 1 is 1.03 bits per heavy atom. The summed E-state index contributed by atoms with van der Waals surface area (Å²) in [6.07, 6.45) is 4.73. The van der Waals surface area contributed by atoms with Crippen molar-refractivity contribution < 1.29 is 33.2 Å². The molecule has 162 valence electrons. The summed E-state index contributed by atoms with van der Waals surface area (Å²) < 4.78 is 34.4. The van der Waals surface area contributed by atoms with Crippen LogP contribution < -0.4 is 9.47 Å². The van der Waals surface area contributed by atoms with Gasteiger partial charge in [0, 0.05) is 32.6 Å². The van der Waals surface area contributed by atoms with Crippen molar-refractivity contribution in [3.63, 3.8) is 0 Å². The molecule has 0 radical (unpaired) electrons. The highest BCUT2D eigenvalue weighted by Gasteiger charge is 2.59. The minimum absolute atomic E-state index is 0.0338. The van der Waals surface area contributed by atoms with Crippen molar-refractivity contribution in [3.05, 3.63) is 46.9 Å². The van der Waals surface area contributed by atoms with Crippen LogP contribution in [0.15, 0.2) is 35.8 Å². The molecule has 0 saturated carbocycles. The Bertz CT molecular complexity index is 918. The van der Waals surface area contributed by atoms with E-state index in [1.807, 2.05) is 18.2 Å². The Hall–Kier alpha value is -2.51. The minimum atomic E-state index is -0.663. The number of ketones is 1. The normalized spacial score (nSPS) is 29.1. The highest BCUT2D eigenvalue weighted by Crippen LogP contribution is 2.58. The van der Waals surface area contributed by atoms with Crippen molar-refractivity contribution in [1.29, 1.82) is 0 Å². The van der Waals surface area contributed by atoms with E-state index in [0.717, 1.165) is 11.1 Å². The van der Waals surface area contributed by atoms with Crippen LogP contribution >= 0.6 is 0 Å². The number of carbonyl (C=O) groups excluding carboxylic acids is 1. The quantitative estimate of drug-likeness (QED) is 0.676. The fourth-order valence-corrected chi connectivity index (χ4v) is 5.16. The molecule has 5 rings (SSSR count). The number of allylic oxidation sites excluding steroid dienone is 2. The predicted molar refractivity (Wildman–Crippen MR) is 109 cm³/mol. The van der Waals surface area contributed by atoms with Crippen molar-refractivity contribution >= 4 is 5.78 Å². The second kappa shape index (κ2) is 7.63. The van der Waals surface area contributed by atoms with Crippen LogP contribution in [-0.2, 0) is 35.6 Å². The maximum atomic E-state index is 12.6. The molecule has 2 aliphatic heterocycles. The van der Waals surface area contributed by atoms with Crippen molar-refractivity contribution in [1.82, 2.24) is 0 Å². The smallest absolute Gasteiger partial charge is 0.223 e. The van der Waals surface area contributed by atoms with Gasteiger partial charge in [0.05, 0.1) is 40.0 Å². The highest BCUT2D eigenvalue weighted by atomic mass is 16.5. The van der Waals surface area contributed by atoms with Gasteiger partial charge in [0.15, 0.2) is 17.3 Å². The zero-order valence-electron chi connectivity index (χ0n) is 18.1. The van der Waals surface area contributed by atoms with Crippen LogP contribution in [0, 0.1) is 5.92 Å². The van der Waals surface area contributed by atoms with Crippen LogP contribution in [-0.4, -0.2) is 60.1 Å². The van der Waals surface area contributed by atoms with Gasteiger partial charge in [-0.3, -0.25) is 4.79 Å². The van der Waals surface area contributed by atoms with E-state index in [0.29, 0.717) is 49.1 Å². The van der Waals surface area contributed by atoms with E-state index in [2.05, 4.69) is 0 Å². The van der Waals surface area contributed by atoms with Gasteiger partial charge in [0.1, 0.15) is 11.4 Å². The molecule has 7 nitrogen and oxygen atoms in total. The van der Waals surface area contributed by atoms with Crippen molar-refractivity contribution in [2.45, 2.75) is 23.9 Å². The van der Waals surface area contributed by atoms with E-state index in [1.165, 1.54) is 7.11 Å². The lowest BCUT2D eigenvalue weighted by Crippen LogP contribution is -2.54. The lowest BCUT2D eigenvalue weighted by atomic mass is 9.66. The maximum Gasteiger partial charge on any atom is 0.223 e. The lowest BCUT2D eigenvalue weighted by molar-refractivity contribution is -0.143.